The maximum atomic E-state index is 12.9. The third-order valence-electron chi connectivity index (χ3n) is 5.18. The fourth-order valence-corrected chi connectivity index (χ4v) is 3.73. The predicted octanol–water partition coefficient (Wildman–Crippen LogP) is 2.13. The van der Waals surface area contributed by atoms with Gasteiger partial charge >= 0.3 is 5.97 Å². The number of hydrogen-bond acceptors (Lipinski definition) is 5. The van der Waals surface area contributed by atoms with Crippen LogP contribution < -0.4 is 9.64 Å². The predicted molar refractivity (Wildman–Crippen MR) is 101 cm³/mol. The molecule has 1 fully saturated rings. The molecule has 0 N–H and O–H groups in total. The van der Waals surface area contributed by atoms with Crippen LogP contribution >= 0.6 is 0 Å². The van der Waals surface area contributed by atoms with E-state index in [4.69, 9.17) is 9.47 Å². The number of para-hydroxylation sites is 2. The molecule has 0 aliphatic carbocycles. The van der Waals surface area contributed by atoms with Crippen molar-refractivity contribution in [1.82, 2.24) is 4.90 Å². The fraction of sp³-hybridized carbons (Fsp3) is 0.333. The molecule has 1 amide bonds. The molecule has 2 aliphatic heterocycles. The van der Waals surface area contributed by atoms with E-state index in [9.17, 15) is 9.59 Å². The first kappa shape index (κ1) is 17.4. The van der Waals surface area contributed by atoms with Crippen molar-refractivity contribution in [3.63, 3.8) is 0 Å². The summed E-state index contributed by atoms with van der Waals surface area (Å²) in [4.78, 5) is 29.1. The van der Waals surface area contributed by atoms with Gasteiger partial charge in [0.2, 0.25) is 0 Å². The molecule has 2 heterocycles. The van der Waals surface area contributed by atoms with E-state index >= 15 is 0 Å². The van der Waals surface area contributed by atoms with E-state index in [0.717, 1.165) is 17.0 Å². The van der Waals surface area contributed by atoms with E-state index in [2.05, 4.69) is 4.90 Å². The normalized spacial score (nSPS) is 19.3. The molecule has 27 heavy (non-hydrogen) atoms. The number of fused-ring (bicyclic) bond motifs is 1. The zero-order valence-corrected chi connectivity index (χ0v) is 15.3. The van der Waals surface area contributed by atoms with Gasteiger partial charge in [-0.2, -0.15) is 0 Å². The Morgan fingerprint density at radius 3 is 2.52 bits per heavy atom. The molecule has 1 unspecified atom stereocenters. The Morgan fingerprint density at radius 1 is 1.04 bits per heavy atom. The Labute approximate surface area is 158 Å². The monoisotopic (exact) mass is 366 g/mol. The van der Waals surface area contributed by atoms with Crippen molar-refractivity contribution in [2.45, 2.75) is 12.5 Å². The van der Waals surface area contributed by atoms with Crippen molar-refractivity contribution >= 4 is 17.6 Å². The minimum atomic E-state index is -0.731. The van der Waals surface area contributed by atoms with Gasteiger partial charge in [0.05, 0.1) is 18.4 Å². The lowest BCUT2D eigenvalue weighted by Crippen LogP contribution is -2.53. The molecule has 4 rings (SSSR count). The Bertz CT molecular complexity index is 859. The van der Waals surface area contributed by atoms with Gasteiger partial charge in [-0.25, -0.2) is 4.79 Å². The molecule has 1 saturated heterocycles. The summed E-state index contributed by atoms with van der Waals surface area (Å²) < 4.78 is 10.8. The highest BCUT2D eigenvalue weighted by molar-refractivity contribution is 5.95. The van der Waals surface area contributed by atoms with E-state index in [-0.39, 0.29) is 5.91 Å². The van der Waals surface area contributed by atoms with Crippen molar-refractivity contribution in [1.29, 1.82) is 0 Å². The number of amides is 1. The van der Waals surface area contributed by atoms with E-state index in [1.54, 1.807) is 24.1 Å². The van der Waals surface area contributed by atoms with Gasteiger partial charge in [-0.05, 0) is 23.8 Å². The summed E-state index contributed by atoms with van der Waals surface area (Å²) in [5.74, 6) is 0.301. The third-order valence-corrected chi connectivity index (χ3v) is 5.18. The lowest BCUT2D eigenvalue weighted by molar-refractivity contribution is -0.141. The summed E-state index contributed by atoms with van der Waals surface area (Å²) in [5, 5.41) is 0. The summed E-state index contributed by atoms with van der Waals surface area (Å²) in [7, 11) is 1.66. The Balaban J connectivity index is 1.41. The van der Waals surface area contributed by atoms with Gasteiger partial charge in [-0.3, -0.25) is 4.79 Å². The summed E-state index contributed by atoms with van der Waals surface area (Å²) in [6.45, 7) is 2.60. The molecule has 0 bridgehead atoms. The number of carbonyl (C=O) groups excluding carboxylic acids is 2. The second-order valence-corrected chi connectivity index (χ2v) is 6.74. The SMILES string of the molecule is COc1ccccc1N1CCN(C(=O)C2Cc3ccccc3C(=O)O2)CC1. The van der Waals surface area contributed by atoms with E-state index in [1.165, 1.54) is 0 Å². The highest BCUT2D eigenvalue weighted by Crippen LogP contribution is 2.29. The van der Waals surface area contributed by atoms with Gasteiger partial charge in [0, 0.05) is 32.6 Å². The van der Waals surface area contributed by atoms with Gasteiger partial charge in [-0.15, -0.1) is 0 Å². The van der Waals surface area contributed by atoms with Crippen LogP contribution in [0, 0.1) is 0 Å². The Hall–Kier alpha value is -3.02. The number of cyclic esters (lactones) is 1. The zero-order valence-electron chi connectivity index (χ0n) is 15.3. The van der Waals surface area contributed by atoms with Crippen LogP contribution in [0.4, 0.5) is 5.69 Å². The number of benzene rings is 2. The van der Waals surface area contributed by atoms with Crippen LogP contribution in [0.25, 0.3) is 0 Å². The minimum Gasteiger partial charge on any atom is -0.495 e. The van der Waals surface area contributed by atoms with Crippen molar-refractivity contribution in [3.05, 3.63) is 59.7 Å². The molecule has 2 aromatic rings. The molecule has 6 heteroatoms. The highest BCUT2D eigenvalue weighted by Gasteiger charge is 2.35. The number of rotatable bonds is 3. The molecule has 6 nitrogen and oxygen atoms in total. The standard InChI is InChI=1S/C21H22N2O4/c1-26-18-9-5-4-8-17(18)22-10-12-23(13-11-22)20(24)19-14-15-6-2-3-7-16(15)21(25)27-19/h2-9,19H,10-14H2,1H3. The number of ether oxygens (including phenoxy) is 2. The number of methoxy groups -OCH3 is 1. The maximum Gasteiger partial charge on any atom is 0.339 e. The number of esters is 1. The van der Waals surface area contributed by atoms with Crippen molar-refractivity contribution in [2.24, 2.45) is 0 Å². The van der Waals surface area contributed by atoms with Crippen LogP contribution in [0.15, 0.2) is 48.5 Å². The first-order valence-electron chi connectivity index (χ1n) is 9.13. The first-order chi connectivity index (χ1) is 13.2. The topological polar surface area (TPSA) is 59.1 Å². The summed E-state index contributed by atoms with van der Waals surface area (Å²) in [5.41, 5.74) is 2.47. The van der Waals surface area contributed by atoms with Crippen LogP contribution in [0.5, 0.6) is 5.75 Å². The van der Waals surface area contributed by atoms with Gasteiger partial charge in [0.1, 0.15) is 5.75 Å². The number of piperazine rings is 1. The molecule has 140 valence electrons. The number of nitrogens with zero attached hydrogens (tertiary/aromatic N) is 2. The number of carbonyl (C=O) groups is 2. The number of anilines is 1. The largest absolute Gasteiger partial charge is 0.495 e. The zero-order chi connectivity index (χ0) is 18.8. The third kappa shape index (κ3) is 3.35. The molecule has 0 saturated carbocycles. The Morgan fingerprint density at radius 2 is 1.74 bits per heavy atom. The highest BCUT2D eigenvalue weighted by atomic mass is 16.5. The van der Waals surface area contributed by atoms with Crippen LogP contribution in [-0.4, -0.2) is 56.2 Å². The van der Waals surface area contributed by atoms with E-state index in [1.807, 2.05) is 36.4 Å². The maximum absolute atomic E-state index is 12.9. The van der Waals surface area contributed by atoms with Gasteiger partial charge < -0.3 is 19.3 Å². The molecule has 1 atom stereocenters. The second kappa shape index (κ2) is 7.31. The molecule has 0 aromatic heterocycles. The van der Waals surface area contributed by atoms with Crippen LogP contribution in [0.1, 0.15) is 15.9 Å². The molecule has 2 aromatic carbocycles. The van der Waals surface area contributed by atoms with E-state index in [0.29, 0.717) is 38.2 Å². The van der Waals surface area contributed by atoms with Crippen molar-refractivity contribution in [3.8, 4) is 5.75 Å². The van der Waals surface area contributed by atoms with E-state index < -0.39 is 12.1 Å². The smallest absolute Gasteiger partial charge is 0.339 e. The average Bonchev–Trinajstić information content (AvgIpc) is 2.73. The molecule has 0 radical (unpaired) electrons. The number of hydrogen-bond donors (Lipinski definition) is 0. The second-order valence-electron chi connectivity index (χ2n) is 6.74. The molecular weight excluding hydrogens is 344 g/mol. The Kier molecular flexibility index (Phi) is 4.71. The first-order valence-corrected chi connectivity index (χ1v) is 9.13. The molecule has 2 aliphatic rings. The summed E-state index contributed by atoms with van der Waals surface area (Å²) in [6, 6.07) is 15.2. The van der Waals surface area contributed by atoms with Gasteiger partial charge in [0.15, 0.2) is 6.10 Å². The molecular formula is C21H22N2O4. The summed E-state index contributed by atoms with van der Waals surface area (Å²) >= 11 is 0. The average molecular weight is 366 g/mol. The summed E-state index contributed by atoms with van der Waals surface area (Å²) in [6.07, 6.45) is -0.293. The lowest BCUT2D eigenvalue weighted by atomic mass is 9.98. The van der Waals surface area contributed by atoms with Gasteiger partial charge in [-0.1, -0.05) is 30.3 Å². The van der Waals surface area contributed by atoms with Crippen LogP contribution in [-0.2, 0) is 16.0 Å². The quantitative estimate of drug-likeness (QED) is 0.779. The van der Waals surface area contributed by atoms with Gasteiger partial charge in [0.25, 0.3) is 5.91 Å². The van der Waals surface area contributed by atoms with Crippen LogP contribution in [0.3, 0.4) is 0 Å². The van der Waals surface area contributed by atoms with Crippen molar-refractivity contribution < 1.29 is 19.1 Å². The lowest BCUT2D eigenvalue weighted by Gasteiger charge is -2.38. The van der Waals surface area contributed by atoms with Crippen molar-refractivity contribution in [2.75, 3.05) is 38.2 Å². The molecule has 0 spiro atoms. The minimum absolute atomic E-state index is 0.113. The van der Waals surface area contributed by atoms with Crippen LogP contribution in [0.2, 0.25) is 0 Å². The fourth-order valence-electron chi connectivity index (χ4n) is 3.73.